The van der Waals surface area contributed by atoms with Crippen LogP contribution < -0.4 is 5.32 Å². The van der Waals surface area contributed by atoms with Crippen LogP contribution >= 0.6 is 23.2 Å². The highest BCUT2D eigenvalue weighted by Crippen LogP contribution is 2.35. The summed E-state index contributed by atoms with van der Waals surface area (Å²) in [6, 6.07) is 18.5. The Morgan fingerprint density at radius 1 is 0.892 bits per heavy atom. The van der Waals surface area contributed by atoms with Crippen LogP contribution in [0.2, 0.25) is 10.0 Å². The molecule has 1 unspecified atom stereocenters. The quantitative estimate of drug-likeness (QED) is 0.400. The zero-order valence-electron chi connectivity index (χ0n) is 20.2. The predicted molar refractivity (Wildman–Crippen MR) is 145 cm³/mol. The first-order valence-electron chi connectivity index (χ1n) is 12.3. The molecule has 1 atom stereocenters. The number of anilines is 1. The van der Waals surface area contributed by atoms with Gasteiger partial charge in [0.15, 0.2) is 0 Å². The first-order chi connectivity index (χ1) is 17.9. The number of nitrogens with zero attached hydrogens (tertiary/aromatic N) is 2. The van der Waals surface area contributed by atoms with Crippen LogP contribution in [0.4, 0.5) is 14.5 Å². The normalized spacial score (nSPS) is 18.4. The molecule has 0 saturated carbocycles. The van der Waals surface area contributed by atoms with Gasteiger partial charge in [-0.2, -0.15) is 0 Å². The van der Waals surface area contributed by atoms with Gasteiger partial charge in [0, 0.05) is 32.2 Å². The fourth-order valence-corrected chi connectivity index (χ4v) is 5.75. The summed E-state index contributed by atoms with van der Waals surface area (Å²) in [5, 5.41) is 3.67. The number of benzene rings is 3. The van der Waals surface area contributed by atoms with Gasteiger partial charge in [-0.15, -0.1) is 0 Å². The van der Waals surface area contributed by atoms with E-state index >= 15 is 0 Å². The largest absolute Gasteiger partial charge is 0.322 e. The number of hydrogen-bond donors (Lipinski definition) is 1. The average Bonchev–Trinajstić information content (AvgIpc) is 2.89. The molecule has 0 aromatic heterocycles. The van der Waals surface area contributed by atoms with Crippen LogP contribution in [0.25, 0.3) is 5.57 Å². The maximum atomic E-state index is 13.6. The molecule has 0 spiro atoms. The zero-order chi connectivity index (χ0) is 25.9. The Labute approximate surface area is 225 Å². The monoisotopic (exact) mass is 541 g/mol. The van der Waals surface area contributed by atoms with Crippen LogP contribution in [0.15, 0.2) is 72.3 Å². The summed E-state index contributed by atoms with van der Waals surface area (Å²) in [4.78, 5) is 17.3. The molecule has 2 saturated heterocycles. The van der Waals surface area contributed by atoms with Crippen molar-refractivity contribution >= 4 is 40.4 Å². The molecule has 1 N–H and O–H groups in total. The van der Waals surface area contributed by atoms with Gasteiger partial charge >= 0.3 is 0 Å². The Morgan fingerprint density at radius 2 is 1.49 bits per heavy atom. The lowest BCUT2D eigenvalue weighted by Gasteiger charge is -2.45. The molecule has 2 aliphatic heterocycles. The second-order valence-electron chi connectivity index (χ2n) is 9.54. The molecule has 192 valence electrons. The van der Waals surface area contributed by atoms with Gasteiger partial charge in [-0.1, -0.05) is 53.5 Å². The summed E-state index contributed by atoms with van der Waals surface area (Å²) >= 11 is 12.4. The van der Waals surface area contributed by atoms with Gasteiger partial charge < -0.3 is 5.32 Å². The summed E-state index contributed by atoms with van der Waals surface area (Å²) in [6.45, 7) is 3.43. The lowest BCUT2D eigenvalue weighted by molar-refractivity contribution is -0.118. The second kappa shape index (κ2) is 11.3. The molecular formula is C29H27Cl2F2N3O. The molecule has 1 amide bonds. The van der Waals surface area contributed by atoms with Gasteiger partial charge in [-0.3, -0.25) is 14.6 Å². The van der Waals surface area contributed by atoms with Gasteiger partial charge in [-0.05, 0) is 71.5 Å². The second-order valence-corrected chi connectivity index (χ2v) is 10.3. The van der Waals surface area contributed by atoms with E-state index in [0.717, 1.165) is 55.7 Å². The number of fused-ring (bicyclic) bond motifs is 1. The van der Waals surface area contributed by atoms with Crippen LogP contribution in [0, 0.1) is 11.6 Å². The first kappa shape index (κ1) is 25.9. The van der Waals surface area contributed by atoms with E-state index in [9.17, 15) is 13.6 Å². The topological polar surface area (TPSA) is 35.6 Å². The third-order valence-corrected chi connectivity index (χ3v) is 7.71. The first-order valence-corrected chi connectivity index (χ1v) is 13.1. The standard InChI is InChI=1S/C29H27Cl2F2N3O/c30-25-2-1-3-26(31)29(25)34-27(37)18-35-14-15-36-16-21(8-13-24(36)17-35)28(19-4-9-22(32)10-5-19)20-6-11-23(33)12-7-20/h1-7,9-12,24H,8,13-18H2,(H,34,37). The summed E-state index contributed by atoms with van der Waals surface area (Å²) < 4.78 is 27.3. The van der Waals surface area contributed by atoms with Crippen LogP contribution in [-0.4, -0.2) is 54.5 Å². The summed E-state index contributed by atoms with van der Waals surface area (Å²) in [7, 11) is 0. The van der Waals surface area contributed by atoms with E-state index in [1.165, 1.54) is 29.8 Å². The van der Waals surface area contributed by atoms with E-state index in [1.54, 1.807) is 42.5 Å². The number of carbonyl (C=O) groups excluding carboxylic acids is 1. The van der Waals surface area contributed by atoms with Crippen molar-refractivity contribution < 1.29 is 13.6 Å². The molecule has 3 aromatic carbocycles. The smallest absolute Gasteiger partial charge is 0.238 e. The van der Waals surface area contributed by atoms with Gasteiger partial charge in [-0.25, -0.2) is 8.78 Å². The maximum absolute atomic E-state index is 13.6. The maximum Gasteiger partial charge on any atom is 0.238 e. The molecule has 2 fully saturated rings. The highest BCUT2D eigenvalue weighted by molar-refractivity contribution is 6.39. The molecule has 3 aromatic rings. The Bertz CT molecular complexity index is 1240. The molecule has 2 heterocycles. The fourth-order valence-electron chi connectivity index (χ4n) is 5.26. The molecule has 4 nitrogen and oxygen atoms in total. The third-order valence-electron chi connectivity index (χ3n) is 7.08. The van der Waals surface area contributed by atoms with Crippen molar-refractivity contribution in [2.75, 3.05) is 38.0 Å². The third kappa shape index (κ3) is 6.04. The molecular weight excluding hydrogens is 515 g/mol. The van der Waals surface area contributed by atoms with Gasteiger partial charge in [0.05, 0.1) is 22.3 Å². The lowest BCUT2D eigenvalue weighted by Crippen LogP contribution is -2.56. The Hall–Kier alpha value is -2.77. The van der Waals surface area contributed by atoms with Crippen molar-refractivity contribution in [1.29, 1.82) is 0 Å². The lowest BCUT2D eigenvalue weighted by atomic mass is 9.86. The van der Waals surface area contributed by atoms with E-state index in [2.05, 4.69) is 15.1 Å². The average molecular weight is 542 g/mol. The van der Waals surface area contributed by atoms with Crippen LogP contribution in [-0.2, 0) is 4.79 Å². The SMILES string of the molecule is O=C(CN1CCN2CC(=C(c3ccc(F)cc3)c3ccc(F)cc3)CCC2C1)Nc1c(Cl)cccc1Cl. The number of piperazine rings is 1. The number of hydrogen-bond acceptors (Lipinski definition) is 3. The molecule has 0 radical (unpaired) electrons. The fraction of sp³-hybridized carbons (Fsp3) is 0.276. The highest BCUT2D eigenvalue weighted by Gasteiger charge is 2.32. The number of piperidine rings is 1. The summed E-state index contributed by atoms with van der Waals surface area (Å²) in [6.07, 6.45) is 1.82. The van der Waals surface area contributed by atoms with Gasteiger partial charge in [0.1, 0.15) is 11.6 Å². The Morgan fingerprint density at radius 3 is 2.08 bits per heavy atom. The molecule has 2 aliphatic rings. The Kier molecular flexibility index (Phi) is 7.91. The number of halogens is 4. The van der Waals surface area contributed by atoms with Crippen molar-refractivity contribution in [3.63, 3.8) is 0 Å². The van der Waals surface area contributed by atoms with Crippen LogP contribution in [0.3, 0.4) is 0 Å². The number of amides is 1. The zero-order valence-corrected chi connectivity index (χ0v) is 21.7. The van der Waals surface area contributed by atoms with Crippen molar-refractivity contribution in [2.45, 2.75) is 18.9 Å². The number of nitrogens with one attached hydrogen (secondary N) is 1. The van der Waals surface area contributed by atoms with Crippen molar-refractivity contribution in [1.82, 2.24) is 9.80 Å². The van der Waals surface area contributed by atoms with Crippen molar-refractivity contribution in [3.05, 3.63) is 105 Å². The van der Waals surface area contributed by atoms with E-state index in [0.29, 0.717) is 21.8 Å². The van der Waals surface area contributed by atoms with Crippen molar-refractivity contribution in [3.8, 4) is 0 Å². The van der Waals surface area contributed by atoms with E-state index in [-0.39, 0.29) is 24.1 Å². The molecule has 8 heteroatoms. The minimum atomic E-state index is -0.284. The predicted octanol–water partition coefficient (Wildman–Crippen LogP) is 6.49. The minimum Gasteiger partial charge on any atom is -0.322 e. The minimum absolute atomic E-state index is 0.144. The van der Waals surface area contributed by atoms with Crippen molar-refractivity contribution in [2.24, 2.45) is 0 Å². The van der Waals surface area contributed by atoms with Crippen LogP contribution in [0.1, 0.15) is 24.0 Å². The van der Waals surface area contributed by atoms with Crippen LogP contribution in [0.5, 0.6) is 0 Å². The van der Waals surface area contributed by atoms with E-state index in [4.69, 9.17) is 23.2 Å². The number of carbonyl (C=O) groups is 1. The van der Waals surface area contributed by atoms with Gasteiger partial charge in [0.25, 0.3) is 0 Å². The van der Waals surface area contributed by atoms with E-state index < -0.39 is 0 Å². The molecule has 37 heavy (non-hydrogen) atoms. The molecule has 5 rings (SSSR count). The highest BCUT2D eigenvalue weighted by atomic mass is 35.5. The van der Waals surface area contributed by atoms with Gasteiger partial charge in [0.2, 0.25) is 5.91 Å². The number of rotatable bonds is 5. The summed E-state index contributed by atoms with van der Waals surface area (Å²) in [5.74, 6) is -0.712. The molecule has 0 aliphatic carbocycles. The number of para-hydroxylation sites is 1. The van der Waals surface area contributed by atoms with E-state index in [1.807, 2.05) is 0 Å². The summed E-state index contributed by atoms with van der Waals surface area (Å²) in [5.41, 5.74) is 4.59. The Balaban J connectivity index is 1.29. The molecule has 0 bridgehead atoms.